The second-order valence-corrected chi connectivity index (χ2v) is 7.74. The summed E-state index contributed by atoms with van der Waals surface area (Å²) >= 11 is 0. The minimum Gasteiger partial charge on any atom is -0.535 e. The maximum atomic E-state index is 12.6. The van der Waals surface area contributed by atoms with Crippen LogP contribution in [0.25, 0.3) is 0 Å². The van der Waals surface area contributed by atoms with Crippen LogP contribution in [0.4, 0.5) is 0 Å². The fourth-order valence-corrected chi connectivity index (χ4v) is 3.71. The summed E-state index contributed by atoms with van der Waals surface area (Å²) in [5.74, 6) is -1.93. The van der Waals surface area contributed by atoms with Crippen molar-refractivity contribution in [3.8, 4) is 11.5 Å². The minimum absolute atomic E-state index is 0. The minimum atomic E-state index is -1.23. The highest BCUT2D eigenvalue weighted by molar-refractivity contribution is 6.44. The molecule has 1 aromatic carbocycles. The highest BCUT2D eigenvalue weighted by Crippen LogP contribution is 2.37. The molecule has 0 radical (unpaired) electrons. The van der Waals surface area contributed by atoms with Crippen LogP contribution in [0.3, 0.4) is 0 Å². The van der Waals surface area contributed by atoms with Crippen LogP contribution in [0, 0.1) is 0 Å². The van der Waals surface area contributed by atoms with Crippen molar-refractivity contribution in [2.75, 3.05) is 13.1 Å². The summed E-state index contributed by atoms with van der Waals surface area (Å²) in [6, 6.07) is 2.26. The Bertz CT molecular complexity index is 1070. The zero-order valence-corrected chi connectivity index (χ0v) is 18.2. The largest absolute Gasteiger partial charge is 0.535 e. The van der Waals surface area contributed by atoms with Crippen LogP contribution >= 0.6 is 12.4 Å². The number of nitrogens with two attached hydrogens (primary N) is 2. The zero-order chi connectivity index (χ0) is 23.0. The van der Waals surface area contributed by atoms with Crippen molar-refractivity contribution >= 4 is 37.3 Å². The number of ether oxygens (including phenoxy) is 1. The molecule has 176 valence electrons. The first-order valence-corrected chi connectivity index (χ1v) is 9.97. The van der Waals surface area contributed by atoms with Crippen LogP contribution in [0.2, 0.25) is 6.32 Å². The summed E-state index contributed by atoms with van der Waals surface area (Å²) in [5.41, 5.74) is 12.0. The van der Waals surface area contributed by atoms with Crippen LogP contribution in [0.5, 0.6) is 11.5 Å². The third kappa shape index (κ3) is 5.05. The lowest BCUT2D eigenvalue weighted by Gasteiger charge is -2.40. The Morgan fingerprint density at radius 2 is 2.06 bits per heavy atom. The standard InChI is InChI=1S/C19H22BN5O7.ClH/c21-14(26)8-24-7-12(23-9-24)16(22)18(27)25-5-11(6-25)31-13-2-1-10-3-4-20(30)32-17(10)15(13)19(28)29;/h1-2,7,9,11,16,30H,3-6,8,22H2,(H2,21,26)(H,28,29);1H. The number of likely N-dealkylation sites (tertiary alicyclic amines) is 1. The van der Waals surface area contributed by atoms with Crippen molar-refractivity contribution in [3.63, 3.8) is 0 Å². The number of amides is 2. The number of hydrogen-bond acceptors (Lipinski definition) is 8. The van der Waals surface area contributed by atoms with Crippen molar-refractivity contribution in [3.05, 3.63) is 41.5 Å². The second kappa shape index (κ2) is 9.69. The van der Waals surface area contributed by atoms with E-state index in [2.05, 4.69) is 4.98 Å². The van der Waals surface area contributed by atoms with Gasteiger partial charge in [0, 0.05) is 6.20 Å². The molecule has 0 aliphatic carbocycles. The number of carbonyl (C=O) groups is 3. The number of rotatable bonds is 7. The lowest BCUT2D eigenvalue weighted by Crippen LogP contribution is -2.58. The van der Waals surface area contributed by atoms with Crippen LogP contribution < -0.4 is 20.9 Å². The van der Waals surface area contributed by atoms with Gasteiger partial charge in [-0.15, -0.1) is 12.4 Å². The van der Waals surface area contributed by atoms with Gasteiger partial charge in [0.1, 0.15) is 35.8 Å². The van der Waals surface area contributed by atoms with Crippen molar-refractivity contribution in [2.24, 2.45) is 11.5 Å². The van der Waals surface area contributed by atoms with E-state index in [1.165, 1.54) is 22.0 Å². The van der Waals surface area contributed by atoms with Crippen molar-refractivity contribution in [1.29, 1.82) is 0 Å². The lowest BCUT2D eigenvalue weighted by molar-refractivity contribution is -0.141. The molecule has 2 aromatic rings. The topological polar surface area (TPSA) is 183 Å². The van der Waals surface area contributed by atoms with Crippen LogP contribution in [-0.2, 0) is 22.6 Å². The van der Waals surface area contributed by atoms with Crippen LogP contribution in [-0.4, -0.2) is 68.7 Å². The number of aromatic carboxylic acids is 1. The number of carboxylic acids is 1. The van der Waals surface area contributed by atoms with Crippen LogP contribution in [0.15, 0.2) is 24.7 Å². The summed E-state index contributed by atoms with van der Waals surface area (Å²) in [5, 5.41) is 19.4. The number of hydrogen-bond donors (Lipinski definition) is 4. The Morgan fingerprint density at radius 3 is 2.73 bits per heavy atom. The smallest absolute Gasteiger partial charge is 0.522 e. The van der Waals surface area contributed by atoms with E-state index in [9.17, 15) is 24.5 Å². The third-order valence-corrected chi connectivity index (χ3v) is 5.36. The molecule has 6 N–H and O–H groups in total. The molecule has 1 aromatic heterocycles. The van der Waals surface area contributed by atoms with Gasteiger partial charge < -0.3 is 40.5 Å². The van der Waals surface area contributed by atoms with E-state index in [4.69, 9.17) is 20.9 Å². The molecule has 0 bridgehead atoms. The summed E-state index contributed by atoms with van der Waals surface area (Å²) in [7, 11) is -1.07. The van der Waals surface area contributed by atoms with Gasteiger partial charge in [-0.1, -0.05) is 6.07 Å². The number of nitrogens with zero attached hydrogens (tertiary/aromatic N) is 3. The van der Waals surface area contributed by atoms with E-state index in [0.29, 0.717) is 24.0 Å². The van der Waals surface area contributed by atoms with E-state index in [-0.39, 0.29) is 55.0 Å². The molecule has 4 rings (SSSR count). The van der Waals surface area contributed by atoms with Gasteiger partial charge in [-0.05, 0) is 24.4 Å². The molecule has 0 saturated carbocycles. The van der Waals surface area contributed by atoms with Gasteiger partial charge in [0.15, 0.2) is 0 Å². The first-order chi connectivity index (χ1) is 15.2. The molecule has 12 nitrogen and oxygen atoms in total. The molecular formula is C19H23BClN5O7. The number of imidazole rings is 1. The average Bonchev–Trinajstić information content (AvgIpc) is 3.16. The predicted molar refractivity (Wildman–Crippen MR) is 117 cm³/mol. The predicted octanol–water partition coefficient (Wildman–Crippen LogP) is -0.807. The van der Waals surface area contributed by atoms with Crippen LogP contribution in [0.1, 0.15) is 27.7 Å². The summed E-state index contributed by atoms with van der Waals surface area (Å²) in [6.07, 6.45) is 3.31. The summed E-state index contributed by atoms with van der Waals surface area (Å²) < 4.78 is 12.6. The average molecular weight is 480 g/mol. The van der Waals surface area contributed by atoms with Crippen molar-refractivity contribution in [2.45, 2.75) is 31.4 Å². The molecule has 1 fully saturated rings. The third-order valence-electron chi connectivity index (χ3n) is 5.36. The Kier molecular flexibility index (Phi) is 7.15. The number of benzene rings is 1. The number of halogens is 1. The van der Waals surface area contributed by atoms with E-state index >= 15 is 0 Å². The maximum absolute atomic E-state index is 12.6. The van der Waals surface area contributed by atoms with Gasteiger partial charge in [0.25, 0.3) is 0 Å². The number of carboxylic acid groups (broad SMARTS) is 1. The van der Waals surface area contributed by atoms with E-state index in [1.54, 1.807) is 12.1 Å². The Balaban J connectivity index is 0.00000306. The molecule has 3 heterocycles. The Hall–Kier alpha value is -3.29. The first kappa shape index (κ1) is 24.4. The molecular weight excluding hydrogens is 457 g/mol. The van der Waals surface area contributed by atoms with Crippen molar-refractivity contribution in [1.82, 2.24) is 14.5 Å². The summed E-state index contributed by atoms with van der Waals surface area (Å²) in [4.78, 5) is 40.9. The van der Waals surface area contributed by atoms with Gasteiger partial charge in [-0.2, -0.15) is 0 Å². The fourth-order valence-electron chi connectivity index (χ4n) is 3.71. The van der Waals surface area contributed by atoms with Crippen molar-refractivity contribution < 1.29 is 33.9 Å². The number of aryl methyl sites for hydroxylation is 1. The number of carbonyl (C=O) groups excluding carboxylic acids is 2. The Morgan fingerprint density at radius 1 is 1.33 bits per heavy atom. The molecule has 1 atom stereocenters. The number of primary amides is 1. The molecule has 33 heavy (non-hydrogen) atoms. The Labute approximate surface area is 195 Å². The maximum Gasteiger partial charge on any atom is 0.522 e. The fraction of sp³-hybridized carbons (Fsp3) is 0.368. The van der Waals surface area contributed by atoms with E-state index in [0.717, 1.165) is 0 Å². The number of aromatic nitrogens is 2. The highest BCUT2D eigenvalue weighted by Gasteiger charge is 2.37. The van der Waals surface area contributed by atoms with Gasteiger partial charge in [-0.25, -0.2) is 9.78 Å². The lowest BCUT2D eigenvalue weighted by atomic mass is 9.78. The zero-order valence-electron chi connectivity index (χ0n) is 17.4. The first-order valence-electron chi connectivity index (χ1n) is 9.97. The monoisotopic (exact) mass is 479 g/mol. The van der Waals surface area contributed by atoms with E-state index in [1.807, 2.05) is 0 Å². The SMILES string of the molecule is Cl.NC(=O)Cn1cnc(C(N)C(=O)N2CC(Oc3ccc4c(c3C(=O)O)OB(O)CC4)C2)c1. The van der Waals surface area contributed by atoms with E-state index < -0.39 is 31.1 Å². The molecule has 1 saturated heterocycles. The molecule has 1 unspecified atom stereocenters. The quantitative estimate of drug-likeness (QED) is 0.369. The molecule has 0 spiro atoms. The summed E-state index contributed by atoms with van der Waals surface area (Å²) in [6.45, 7) is 0.364. The highest BCUT2D eigenvalue weighted by atomic mass is 35.5. The van der Waals surface area contributed by atoms with Gasteiger partial charge in [0.2, 0.25) is 11.8 Å². The van der Waals surface area contributed by atoms with Gasteiger partial charge >= 0.3 is 13.1 Å². The normalized spacial score (nSPS) is 16.1. The van der Waals surface area contributed by atoms with Gasteiger partial charge in [-0.3, -0.25) is 9.59 Å². The second-order valence-electron chi connectivity index (χ2n) is 7.74. The van der Waals surface area contributed by atoms with Gasteiger partial charge in [0.05, 0.1) is 25.1 Å². The number of fused-ring (bicyclic) bond motifs is 1. The molecule has 2 amide bonds. The molecule has 14 heteroatoms. The molecule has 2 aliphatic heterocycles. The molecule has 2 aliphatic rings.